The van der Waals surface area contributed by atoms with Gasteiger partial charge in [0.2, 0.25) is 0 Å². The zero-order valence-corrected chi connectivity index (χ0v) is 9.00. The van der Waals surface area contributed by atoms with Gasteiger partial charge in [-0.1, -0.05) is 0 Å². The Morgan fingerprint density at radius 1 is 1.38 bits per heavy atom. The Hall–Kier alpha value is -1.88. The third-order valence-electron chi connectivity index (χ3n) is 2.39. The van der Waals surface area contributed by atoms with Gasteiger partial charge in [0, 0.05) is 18.3 Å². The van der Waals surface area contributed by atoms with E-state index in [4.69, 9.17) is 11.5 Å². The lowest BCUT2D eigenvalue weighted by Crippen LogP contribution is -2.06. The SMILES string of the molecule is NCCCn1cncc1-c1ccnc(N)c1. The molecule has 0 bridgehead atoms. The van der Waals surface area contributed by atoms with Crippen molar-refractivity contribution in [2.45, 2.75) is 13.0 Å². The zero-order chi connectivity index (χ0) is 11.4. The van der Waals surface area contributed by atoms with E-state index in [1.165, 1.54) is 0 Å². The van der Waals surface area contributed by atoms with Crippen LogP contribution in [0.3, 0.4) is 0 Å². The maximum absolute atomic E-state index is 5.65. The zero-order valence-electron chi connectivity index (χ0n) is 9.00. The second-order valence-electron chi connectivity index (χ2n) is 3.58. The summed E-state index contributed by atoms with van der Waals surface area (Å²) in [6.07, 6.45) is 6.27. The molecule has 2 aromatic heterocycles. The first-order chi connectivity index (χ1) is 7.81. The first-order valence-corrected chi connectivity index (χ1v) is 5.23. The summed E-state index contributed by atoms with van der Waals surface area (Å²) in [5, 5.41) is 0. The number of rotatable bonds is 4. The van der Waals surface area contributed by atoms with Crippen LogP contribution in [-0.2, 0) is 6.54 Å². The predicted octanol–water partition coefficient (Wildman–Crippen LogP) is 0.876. The monoisotopic (exact) mass is 217 g/mol. The normalized spacial score (nSPS) is 10.6. The highest BCUT2D eigenvalue weighted by Gasteiger charge is 2.04. The number of nitrogens with zero attached hydrogens (tertiary/aromatic N) is 3. The lowest BCUT2D eigenvalue weighted by atomic mass is 10.2. The molecule has 5 heteroatoms. The second-order valence-corrected chi connectivity index (χ2v) is 3.58. The van der Waals surface area contributed by atoms with E-state index in [2.05, 4.69) is 14.5 Å². The van der Waals surface area contributed by atoms with E-state index in [1.807, 2.05) is 24.7 Å². The van der Waals surface area contributed by atoms with Gasteiger partial charge in [0.25, 0.3) is 0 Å². The van der Waals surface area contributed by atoms with Crippen LogP contribution in [0.1, 0.15) is 6.42 Å². The molecule has 2 heterocycles. The maximum atomic E-state index is 5.65. The molecule has 0 aromatic carbocycles. The Morgan fingerprint density at radius 2 is 2.25 bits per heavy atom. The van der Waals surface area contributed by atoms with E-state index < -0.39 is 0 Å². The van der Waals surface area contributed by atoms with Crippen LogP contribution >= 0.6 is 0 Å². The average Bonchev–Trinajstić information content (AvgIpc) is 2.74. The molecule has 2 rings (SSSR count). The Bertz CT molecular complexity index is 463. The molecule has 5 nitrogen and oxygen atoms in total. The van der Waals surface area contributed by atoms with Gasteiger partial charge in [-0.3, -0.25) is 0 Å². The third kappa shape index (κ3) is 2.20. The number of hydrogen-bond acceptors (Lipinski definition) is 4. The largest absolute Gasteiger partial charge is 0.384 e. The predicted molar refractivity (Wildman–Crippen MR) is 63.5 cm³/mol. The van der Waals surface area contributed by atoms with Crippen molar-refractivity contribution in [1.29, 1.82) is 0 Å². The first kappa shape index (κ1) is 10.6. The molecular weight excluding hydrogens is 202 g/mol. The molecule has 84 valence electrons. The fraction of sp³-hybridized carbons (Fsp3) is 0.273. The van der Waals surface area contributed by atoms with Crippen molar-refractivity contribution in [3.63, 3.8) is 0 Å². The first-order valence-electron chi connectivity index (χ1n) is 5.23. The van der Waals surface area contributed by atoms with E-state index in [-0.39, 0.29) is 0 Å². The Balaban J connectivity index is 2.29. The van der Waals surface area contributed by atoms with Crippen molar-refractivity contribution in [1.82, 2.24) is 14.5 Å². The molecule has 0 aliphatic heterocycles. The molecule has 0 aliphatic carbocycles. The highest BCUT2D eigenvalue weighted by Crippen LogP contribution is 2.19. The van der Waals surface area contributed by atoms with Crippen LogP contribution in [0, 0.1) is 0 Å². The molecule has 0 aliphatic rings. The summed E-state index contributed by atoms with van der Waals surface area (Å²) in [6.45, 7) is 1.55. The van der Waals surface area contributed by atoms with Crippen LogP contribution in [0.25, 0.3) is 11.3 Å². The number of nitrogens with two attached hydrogens (primary N) is 2. The van der Waals surface area contributed by atoms with Crippen molar-refractivity contribution >= 4 is 5.82 Å². The number of hydrogen-bond donors (Lipinski definition) is 2. The molecule has 0 amide bonds. The van der Waals surface area contributed by atoms with E-state index in [0.717, 1.165) is 24.2 Å². The molecule has 0 spiro atoms. The quantitative estimate of drug-likeness (QED) is 0.796. The summed E-state index contributed by atoms with van der Waals surface area (Å²) in [5.41, 5.74) is 13.2. The highest BCUT2D eigenvalue weighted by atomic mass is 15.0. The van der Waals surface area contributed by atoms with Crippen LogP contribution in [0.4, 0.5) is 5.82 Å². The molecular formula is C11H15N5. The fourth-order valence-corrected chi connectivity index (χ4v) is 1.61. The lowest BCUT2D eigenvalue weighted by molar-refractivity contribution is 0.655. The number of pyridine rings is 1. The topological polar surface area (TPSA) is 82.8 Å². The molecule has 4 N–H and O–H groups in total. The van der Waals surface area contributed by atoms with E-state index in [0.29, 0.717) is 12.4 Å². The fourth-order valence-electron chi connectivity index (χ4n) is 1.61. The molecule has 0 atom stereocenters. The van der Waals surface area contributed by atoms with Crippen LogP contribution < -0.4 is 11.5 Å². The summed E-state index contributed by atoms with van der Waals surface area (Å²) in [7, 11) is 0. The van der Waals surface area contributed by atoms with Crippen LogP contribution in [0.5, 0.6) is 0 Å². The van der Waals surface area contributed by atoms with Gasteiger partial charge in [-0.2, -0.15) is 0 Å². The number of anilines is 1. The van der Waals surface area contributed by atoms with Crippen molar-refractivity contribution < 1.29 is 0 Å². The minimum Gasteiger partial charge on any atom is -0.384 e. The van der Waals surface area contributed by atoms with E-state index in [1.54, 1.807) is 6.20 Å². The van der Waals surface area contributed by atoms with Gasteiger partial charge in [-0.05, 0) is 25.1 Å². The maximum Gasteiger partial charge on any atom is 0.123 e. The molecule has 0 saturated heterocycles. The third-order valence-corrected chi connectivity index (χ3v) is 2.39. The Kier molecular flexibility index (Phi) is 3.16. The molecule has 2 aromatic rings. The van der Waals surface area contributed by atoms with Crippen LogP contribution in [0.15, 0.2) is 30.9 Å². The summed E-state index contributed by atoms with van der Waals surface area (Å²) < 4.78 is 2.07. The summed E-state index contributed by atoms with van der Waals surface area (Å²) in [6, 6.07) is 3.77. The molecule has 0 radical (unpaired) electrons. The lowest BCUT2D eigenvalue weighted by Gasteiger charge is -2.07. The van der Waals surface area contributed by atoms with Crippen molar-refractivity contribution in [3.8, 4) is 11.3 Å². The minimum absolute atomic E-state index is 0.518. The standard InChI is InChI=1S/C11H15N5/c12-3-1-5-16-8-14-7-10(16)9-2-4-15-11(13)6-9/h2,4,6-8H,1,3,5,12H2,(H2,13,15). The van der Waals surface area contributed by atoms with Gasteiger partial charge < -0.3 is 16.0 Å². The molecule has 0 fully saturated rings. The molecule has 0 saturated carbocycles. The van der Waals surface area contributed by atoms with Gasteiger partial charge in [0.1, 0.15) is 5.82 Å². The highest BCUT2D eigenvalue weighted by molar-refractivity contribution is 5.61. The van der Waals surface area contributed by atoms with Gasteiger partial charge in [-0.25, -0.2) is 9.97 Å². The van der Waals surface area contributed by atoms with Crippen LogP contribution in [0.2, 0.25) is 0 Å². The van der Waals surface area contributed by atoms with E-state index in [9.17, 15) is 0 Å². The molecule has 16 heavy (non-hydrogen) atoms. The minimum atomic E-state index is 0.518. The average molecular weight is 217 g/mol. The summed E-state index contributed by atoms with van der Waals surface area (Å²) in [4.78, 5) is 8.11. The number of aryl methyl sites for hydroxylation is 1. The summed E-state index contributed by atoms with van der Waals surface area (Å²) >= 11 is 0. The van der Waals surface area contributed by atoms with Gasteiger partial charge in [0.05, 0.1) is 18.2 Å². The van der Waals surface area contributed by atoms with Crippen molar-refractivity contribution in [2.24, 2.45) is 5.73 Å². The smallest absolute Gasteiger partial charge is 0.123 e. The Morgan fingerprint density at radius 3 is 3.00 bits per heavy atom. The summed E-state index contributed by atoms with van der Waals surface area (Å²) in [5.74, 6) is 0.518. The number of aromatic nitrogens is 3. The number of nitrogen functional groups attached to an aromatic ring is 1. The van der Waals surface area contributed by atoms with Gasteiger partial charge in [0.15, 0.2) is 0 Å². The van der Waals surface area contributed by atoms with Gasteiger partial charge >= 0.3 is 0 Å². The molecule has 0 unspecified atom stereocenters. The second kappa shape index (κ2) is 4.76. The van der Waals surface area contributed by atoms with Crippen molar-refractivity contribution in [2.75, 3.05) is 12.3 Å². The van der Waals surface area contributed by atoms with Gasteiger partial charge in [-0.15, -0.1) is 0 Å². The van der Waals surface area contributed by atoms with E-state index >= 15 is 0 Å². The van der Waals surface area contributed by atoms with Crippen molar-refractivity contribution in [3.05, 3.63) is 30.9 Å². The van der Waals surface area contributed by atoms with Crippen LogP contribution in [-0.4, -0.2) is 21.1 Å². The number of imidazole rings is 1. The Labute approximate surface area is 94.1 Å².